The van der Waals surface area contributed by atoms with Crippen molar-refractivity contribution in [1.29, 1.82) is 0 Å². The van der Waals surface area contributed by atoms with E-state index in [2.05, 4.69) is 30.1 Å². The van der Waals surface area contributed by atoms with Crippen molar-refractivity contribution in [3.8, 4) is 11.5 Å². The minimum absolute atomic E-state index is 0.0551. The lowest BCUT2D eigenvalue weighted by Gasteiger charge is -2.12. The third-order valence-corrected chi connectivity index (χ3v) is 5.42. The number of ether oxygens (including phenoxy) is 1. The number of hydrogen-bond acceptors (Lipinski definition) is 8. The Labute approximate surface area is 181 Å². The van der Waals surface area contributed by atoms with E-state index in [-0.39, 0.29) is 27.9 Å². The molecule has 1 aromatic heterocycles. The van der Waals surface area contributed by atoms with E-state index >= 15 is 0 Å². The van der Waals surface area contributed by atoms with Crippen LogP contribution in [0.15, 0.2) is 59.8 Å². The summed E-state index contributed by atoms with van der Waals surface area (Å²) < 4.78 is 67.4. The summed E-state index contributed by atoms with van der Waals surface area (Å²) in [6, 6.07) is 11.0. The van der Waals surface area contributed by atoms with Crippen molar-refractivity contribution in [2.45, 2.75) is 11.1 Å². The van der Waals surface area contributed by atoms with Gasteiger partial charge < -0.3 is 20.5 Å². The predicted molar refractivity (Wildman–Crippen MR) is 111 cm³/mol. The summed E-state index contributed by atoms with van der Waals surface area (Å²) in [5, 5.41) is 15.8. The highest BCUT2D eigenvalue weighted by Crippen LogP contribution is 2.29. The van der Waals surface area contributed by atoms with Crippen molar-refractivity contribution < 1.29 is 31.4 Å². The third kappa shape index (κ3) is 6.21. The number of aromatic nitrogens is 2. The monoisotopic (exact) mass is 469 g/mol. The van der Waals surface area contributed by atoms with Gasteiger partial charge in [-0.2, -0.15) is 13.2 Å². The van der Waals surface area contributed by atoms with Gasteiger partial charge in [-0.1, -0.05) is 0 Å². The van der Waals surface area contributed by atoms with E-state index in [9.17, 15) is 26.7 Å². The number of phenolic OH excluding ortho intramolecular Hbond substituents is 1. The molecule has 0 fully saturated rings. The third-order valence-electron chi connectivity index (χ3n) is 4.01. The van der Waals surface area contributed by atoms with Crippen molar-refractivity contribution in [2.24, 2.45) is 0 Å². The average Bonchev–Trinajstić information content (AvgIpc) is 2.74. The van der Waals surface area contributed by atoms with Crippen molar-refractivity contribution in [3.63, 3.8) is 0 Å². The summed E-state index contributed by atoms with van der Waals surface area (Å²) in [5.41, 5.74) is 0.635. The molecule has 170 valence electrons. The van der Waals surface area contributed by atoms with Crippen molar-refractivity contribution in [3.05, 3.63) is 54.9 Å². The van der Waals surface area contributed by atoms with Crippen LogP contribution in [0.5, 0.6) is 11.5 Å². The quantitative estimate of drug-likeness (QED) is 0.370. The summed E-state index contributed by atoms with van der Waals surface area (Å²) >= 11 is 0. The SMILES string of the molecule is CNS(=O)(=O)c1ccc(O)c(Nc2cc(Nc3ccc(OCC(F)(F)F)cc3)ncn2)c1. The molecule has 0 aliphatic rings. The van der Waals surface area contributed by atoms with Gasteiger partial charge in [-0.15, -0.1) is 0 Å². The van der Waals surface area contributed by atoms with Gasteiger partial charge in [-0.3, -0.25) is 0 Å². The lowest BCUT2D eigenvalue weighted by atomic mass is 10.3. The van der Waals surface area contributed by atoms with Gasteiger partial charge in [0.25, 0.3) is 0 Å². The lowest BCUT2D eigenvalue weighted by molar-refractivity contribution is -0.153. The molecule has 0 saturated heterocycles. The Morgan fingerprint density at radius 2 is 1.66 bits per heavy atom. The number of benzene rings is 2. The number of aromatic hydroxyl groups is 1. The Morgan fingerprint density at radius 3 is 2.28 bits per heavy atom. The Balaban J connectivity index is 1.72. The van der Waals surface area contributed by atoms with Crippen molar-refractivity contribution in [1.82, 2.24) is 14.7 Å². The topological polar surface area (TPSA) is 125 Å². The molecule has 3 rings (SSSR count). The summed E-state index contributed by atoms with van der Waals surface area (Å²) in [4.78, 5) is 8.02. The minimum Gasteiger partial charge on any atom is -0.506 e. The van der Waals surface area contributed by atoms with E-state index in [1.165, 1.54) is 61.9 Å². The molecule has 0 aliphatic heterocycles. The minimum atomic E-state index is -4.42. The molecule has 0 amide bonds. The second-order valence-corrected chi connectivity index (χ2v) is 8.24. The Kier molecular flexibility index (Phi) is 6.69. The molecule has 0 atom stereocenters. The second kappa shape index (κ2) is 9.28. The largest absolute Gasteiger partial charge is 0.506 e. The maximum atomic E-state index is 12.2. The molecule has 0 unspecified atom stereocenters. The number of halogens is 3. The fourth-order valence-electron chi connectivity index (χ4n) is 2.48. The zero-order chi connectivity index (χ0) is 23.4. The van der Waals surface area contributed by atoms with Crippen LogP contribution in [0.2, 0.25) is 0 Å². The maximum absolute atomic E-state index is 12.2. The van der Waals surface area contributed by atoms with E-state index in [4.69, 9.17) is 0 Å². The summed E-state index contributed by atoms with van der Waals surface area (Å²) in [6.07, 6.45) is -3.19. The van der Waals surface area contributed by atoms with Crippen LogP contribution in [-0.2, 0) is 10.0 Å². The van der Waals surface area contributed by atoms with Gasteiger partial charge in [-0.05, 0) is 49.5 Å². The predicted octanol–water partition coefficient (Wildman–Crippen LogP) is 3.52. The fraction of sp³-hybridized carbons (Fsp3) is 0.158. The first-order valence-corrected chi connectivity index (χ1v) is 10.5. The van der Waals surface area contributed by atoms with Crippen LogP contribution < -0.4 is 20.1 Å². The molecular weight excluding hydrogens is 451 g/mol. The maximum Gasteiger partial charge on any atom is 0.422 e. The highest BCUT2D eigenvalue weighted by atomic mass is 32.2. The Bertz CT molecular complexity index is 1190. The number of sulfonamides is 1. The van der Waals surface area contributed by atoms with E-state index in [1.807, 2.05) is 0 Å². The molecule has 0 bridgehead atoms. The zero-order valence-electron chi connectivity index (χ0n) is 16.5. The molecule has 0 spiro atoms. The molecule has 13 heteroatoms. The van der Waals surface area contributed by atoms with E-state index < -0.39 is 22.8 Å². The number of hydrogen-bond donors (Lipinski definition) is 4. The lowest BCUT2D eigenvalue weighted by Crippen LogP contribution is -2.19. The van der Waals surface area contributed by atoms with Crippen LogP contribution in [0.3, 0.4) is 0 Å². The van der Waals surface area contributed by atoms with Crippen LogP contribution in [0.1, 0.15) is 0 Å². The number of nitrogens with zero attached hydrogens (tertiary/aromatic N) is 2. The molecule has 3 aromatic rings. The van der Waals surface area contributed by atoms with E-state index in [1.54, 1.807) is 0 Å². The second-order valence-electron chi connectivity index (χ2n) is 6.35. The van der Waals surface area contributed by atoms with E-state index in [0.29, 0.717) is 11.5 Å². The molecule has 2 aromatic carbocycles. The summed E-state index contributed by atoms with van der Waals surface area (Å²) in [6.45, 7) is -1.38. The molecular formula is C19H18F3N5O4S. The number of alkyl halides is 3. The fourth-order valence-corrected chi connectivity index (χ4v) is 3.24. The normalized spacial score (nSPS) is 11.8. The van der Waals surface area contributed by atoms with Gasteiger partial charge in [0.1, 0.15) is 29.5 Å². The van der Waals surface area contributed by atoms with Crippen LogP contribution in [0.4, 0.5) is 36.2 Å². The van der Waals surface area contributed by atoms with Crippen LogP contribution in [-0.4, -0.2) is 43.3 Å². The van der Waals surface area contributed by atoms with Crippen molar-refractivity contribution in [2.75, 3.05) is 24.3 Å². The number of rotatable bonds is 8. The van der Waals surface area contributed by atoms with Gasteiger partial charge >= 0.3 is 6.18 Å². The van der Waals surface area contributed by atoms with E-state index in [0.717, 1.165) is 0 Å². The van der Waals surface area contributed by atoms with Crippen LogP contribution in [0, 0.1) is 0 Å². The average molecular weight is 469 g/mol. The zero-order valence-corrected chi connectivity index (χ0v) is 17.3. The van der Waals surface area contributed by atoms with Gasteiger partial charge in [0, 0.05) is 11.8 Å². The molecule has 0 aliphatic carbocycles. The highest BCUT2D eigenvalue weighted by Gasteiger charge is 2.28. The highest BCUT2D eigenvalue weighted by molar-refractivity contribution is 7.89. The standard InChI is InChI=1S/C19H18F3N5O4S/c1-23-32(29,30)14-6-7-16(28)15(8-14)27-18-9-17(24-11-25-18)26-12-2-4-13(5-3-12)31-10-19(20,21)22/h2-9,11,23,28H,10H2,1H3,(H2,24,25,26,27). The number of nitrogens with one attached hydrogen (secondary N) is 3. The smallest absolute Gasteiger partial charge is 0.422 e. The Morgan fingerprint density at radius 1 is 1.00 bits per heavy atom. The molecule has 1 heterocycles. The number of anilines is 4. The molecule has 4 N–H and O–H groups in total. The number of phenols is 1. The Hall–Kier alpha value is -3.58. The summed E-state index contributed by atoms with van der Waals surface area (Å²) in [5.74, 6) is 0.458. The first kappa shape index (κ1) is 23.1. The van der Waals surface area contributed by atoms with Gasteiger partial charge in [0.15, 0.2) is 6.61 Å². The van der Waals surface area contributed by atoms with Gasteiger partial charge in [-0.25, -0.2) is 23.1 Å². The molecule has 0 saturated carbocycles. The summed E-state index contributed by atoms with van der Waals surface area (Å²) in [7, 11) is -2.44. The van der Waals surface area contributed by atoms with Crippen LogP contribution in [0.25, 0.3) is 0 Å². The first-order valence-electron chi connectivity index (χ1n) is 8.98. The molecule has 9 nitrogen and oxygen atoms in total. The molecule has 32 heavy (non-hydrogen) atoms. The first-order chi connectivity index (χ1) is 15.1. The van der Waals surface area contributed by atoms with Gasteiger partial charge in [0.2, 0.25) is 10.0 Å². The van der Waals surface area contributed by atoms with Gasteiger partial charge in [0.05, 0.1) is 10.6 Å². The van der Waals surface area contributed by atoms with Crippen LogP contribution >= 0.6 is 0 Å². The molecule has 0 radical (unpaired) electrons. The van der Waals surface area contributed by atoms with Crippen molar-refractivity contribution >= 4 is 33.0 Å².